The van der Waals surface area contributed by atoms with Crippen LogP contribution in [-0.4, -0.2) is 60.3 Å². The summed E-state index contributed by atoms with van der Waals surface area (Å²) in [4.78, 5) is 59.6. The van der Waals surface area contributed by atoms with Crippen LogP contribution in [-0.2, 0) is 19.2 Å². The van der Waals surface area contributed by atoms with E-state index in [0.717, 1.165) is 22.2 Å². The first-order valence-corrected chi connectivity index (χ1v) is 16.0. The maximum absolute atomic E-state index is 14.3. The van der Waals surface area contributed by atoms with Crippen molar-refractivity contribution < 1.29 is 38.9 Å². The second-order valence-electron chi connectivity index (χ2n) is 11.7. The van der Waals surface area contributed by atoms with Gasteiger partial charge in [0.15, 0.2) is 0 Å². The molecule has 10 heteroatoms. The summed E-state index contributed by atoms with van der Waals surface area (Å²) in [6, 6.07) is 5.83. The summed E-state index contributed by atoms with van der Waals surface area (Å²) in [5.41, 5.74) is 4.15. The van der Waals surface area contributed by atoms with Crippen LogP contribution in [0.2, 0.25) is 0 Å². The number of carbonyl (C=O) groups excluding carboxylic acids is 4. The molecule has 0 saturated carbocycles. The van der Waals surface area contributed by atoms with E-state index in [4.69, 9.17) is 14.7 Å². The van der Waals surface area contributed by atoms with Gasteiger partial charge in [0.25, 0.3) is 17.7 Å². The zero-order valence-electron chi connectivity index (χ0n) is 31.5. The first-order valence-electron chi connectivity index (χ1n) is 18.0. The molecule has 0 spiro atoms. The molecule has 2 aromatic carbocycles. The molecular weight excluding hydrogens is 596 g/mol. The van der Waals surface area contributed by atoms with Crippen LogP contribution < -0.4 is 15.7 Å². The molecule has 3 amide bonds. The van der Waals surface area contributed by atoms with Gasteiger partial charge in [0.2, 0.25) is 5.36 Å². The third kappa shape index (κ3) is 7.21. The van der Waals surface area contributed by atoms with E-state index >= 15 is 0 Å². The van der Waals surface area contributed by atoms with E-state index in [1.54, 1.807) is 7.05 Å². The summed E-state index contributed by atoms with van der Waals surface area (Å²) < 4.78 is 41.7. The highest BCUT2D eigenvalue weighted by Gasteiger charge is 2.32. The zero-order chi connectivity index (χ0) is 37.1. The number of imide groups is 1. The molecule has 47 heavy (non-hydrogen) atoms. The number of anilines is 1. The number of nitrogens with one attached hydrogen (secondary N) is 2. The standard InChI is InChI=1S/C37H42N4O6/c1-6-38-29-21-31-27(19-23(29)3)36(28-20-24(4)30(39-7-2)22-32(28)46-31)25-13-10-11-14-26(25)37(45)40(5)18-12-8-9-15-35(44)47-41-33(42)16-17-34(41)43/h10-11,13-14,19-22,38H,6-9,12,15-18H2,1-5H3/p+1/i10D,11D,13D,14D. The normalized spacial score (nSPS) is 14.7. The molecule has 2 aromatic rings. The van der Waals surface area contributed by atoms with Crippen LogP contribution in [0.15, 0.2) is 52.9 Å². The number of rotatable bonds is 12. The van der Waals surface area contributed by atoms with Crippen LogP contribution in [0, 0.1) is 13.8 Å². The molecule has 2 aliphatic heterocycles. The molecule has 1 fully saturated rings. The average Bonchev–Trinajstić information content (AvgIpc) is 3.41. The maximum Gasteiger partial charge on any atom is 0.333 e. The van der Waals surface area contributed by atoms with E-state index in [2.05, 4.69) is 10.3 Å². The number of hydroxylamine groups is 2. The lowest BCUT2D eigenvalue weighted by Crippen LogP contribution is -2.76. The lowest BCUT2D eigenvalue weighted by atomic mass is 9.89. The number of benzene rings is 3. The first-order chi connectivity index (χ1) is 24.3. The fraction of sp³-hybridized carbons (Fsp3) is 0.378. The van der Waals surface area contributed by atoms with Crippen LogP contribution in [0.3, 0.4) is 0 Å². The topological polar surface area (TPSA) is 123 Å². The van der Waals surface area contributed by atoms with Gasteiger partial charge in [-0.15, -0.1) is 5.06 Å². The second-order valence-corrected chi connectivity index (χ2v) is 11.7. The Hall–Kier alpha value is -4.99. The number of hydrogen-bond acceptors (Lipinski definition) is 7. The minimum Gasteiger partial charge on any atom is -0.456 e. The van der Waals surface area contributed by atoms with E-state index in [1.165, 1.54) is 4.90 Å². The number of amides is 3. The molecule has 0 bridgehead atoms. The average molecular weight is 644 g/mol. The molecule has 246 valence electrons. The van der Waals surface area contributed by atoms with Gasteiger partial charge in [0.1, 0.15) is 17.9 Å². The van der Waals surface area contributed by atoms with Crippen molar-refractivity contribution in [1.29, 1.82) is 0 Å². The van der Waals surface area contributed by atoms with Gasteiger partial charge < -0.3 is 19.5 Å². The van der Waals surface area contributed by atoms with Gasteiger partial charge in [0.05, 0.1) is 11.5 Å². The number of unbranched alkanes of at least 4 members (excludes halogenated alkanes) is 2. The van der Waals surface area contributed by atoms with Crippen molar-refractivity contribution >= 4 is 40.3 Å². The van der Waals surface area contributed by atoms with Crippen molar-refractivity contribution in [2.75, 3.05) is 32.0 Å². The number of aryl methyl sites for hydroxylation is 2. The number of nitrogens with zero attached hydrogens (tertiary/aromatic N) is 2. The van der Waals surface area contributed by atoms with Gasteiger partial charge in [0, 0.05) is 78.8 Å². The van der Waals surface area contributed by atoms with Crippen molar-refractivity contribution in [3.05, 3.63) is 70.5 Å². The number of fused-ring (bicyclic) bond motifs is 2. The third-order valence-electron chi connectivity index (χ3n) is 8.22. The smallest absolute Gasteiger partial charge is 0.333 e. The van der Waals surface area contributed by atoms with Crippen molar-refractivity contribution in [3.8, 4) is 22.5 Å². The SMILES string of the molecule is [2H]c1c([2H])c([2H])c(-c2c3cc(C)c(=[NH+]CC)cc-3oc3cc(NCC)c(C)cc23)c(C(=O)N(C)CCCCCC(=O)ON2C(=O)CCC2=O)c1[2H]. The van der Waals surface area contributed by atoms with Gasteiger partial charge in [-0.05, 0) is 69.8 Å². The molecule has 2 heterocycles. The largest absolute Gasteiger partial charge is 0.456 e. The summed E-state index contributed by atoms with van der Waals surface area (Å²) in [5, 5.41) is 5.32. The fourth-order valence-corrected chi connectivity index (χ4v) is 5.78. The van der Waals surface area contributed by atoms with Crippen LogP contribution in [0.1, 0.15) is 79.3 Å². The molecule has 0 radical (unpaired) electrons. The molecule has 1 saturated heterocycles. The summed E-state index contributed by atoms with van der Waals surface area (Å²) in [6.07, 6.45) is 1.40. The van der Waals surface area contributed by atoms with E-state index in [-0.39, 0.29) is 43.0 Å². The van der Waals surface area contributed by atoms with Crippen molar-refractivity contribution in [2.45, 2.75) is 66.2 Å². The highest BCUT2D eigenvalue weighted by atomic mass is 16.7. The molecule has 0 unspecified atom stereocenters. The Morgan fingerprint density at radius 1 is 1.00 bits per heavy atom. The lowest BCUT2D eigenvalue weighted by Gasteiger charge is -2.22. The zero-order valence-corrected chi connectivity index (χ0v) is 27.5. The molecule has 0 aromatic heterocycles. The minimum atomic E-state index is -0.692. The van der Waals surface area contributed by atoms with E-state index in [9.17, 15) is 19.2 Å². The first kappa shape index (κ1) is 28.3. The monoisotopic (exact) mass is 643 g/mol. The summed E-state index contributed by atoms with van der Waals surface area (Å²) in [6.45, 7) is 9.45. The second kappa shape index (κ2) is 14.6. The maximum atomic E-state index is 14.3. The highest BCUT2D eigenvalue weighted by molar-refractivity contribution is 6.09. The van der Waals surface area contributed by atoms with Crippen LogP contribution in [0.4, 0.5) is 5.69 Å². The van der Waals surface area contributed by atoms with Crippen molar-refractivity contribution in [2.24, 2.45) is 0 Å². The molecule has 3 aliphatic rings. The van der Waals surface area contributed by atoms with Gasteiger partial charge in [-0.1, -0.05) is 24.5 Å². The molecular formula is C37H43N4O6+. The quantitative estimate of drug-likeness (QED) is 0.133. The van der Waals surface area contributed by atoms with E-state index in [0.29, 0.717) is 65.3 Å². The van der Waals surface area contributed by atoms with Gasteiger partial charge in [-0.25, -0.2) is 9.79 Å². The third-order valence-corrected chi connectivity index (χ3v) is 8.22. The highest BCUT2D eigenvalue weighted by Crippen LogP contribution is 2.43. The van der Waals surface area contributed by atoms with Crippen LogP contribution in [0.5, 0.6) is 0 Å². The predicted octanol–water partition coefficient (Wildman–Crippen LogP) is 4.49. The molecule has 0 atom stereocenters. The Kier molecular flexibility index (Phi) is 8.79. The van der Waals surface area contributed by atoms with Crippen LogP contribution in [0.25, 0.3) is 33.4 Å². The van der Waals surface area contributed by atoms with Gasteiger partial charge in [-0.3, -0.25) is 14.4 Å². The van der Waals surface area contributed by atoms with Gasteiger partial charge in [-0.2, -0.15) is 0 Å². The summed E-state index contributed by atoms with van der Waals surface area (Å²) in [7, 11) is 1.57. The molecule has 1 aliphatic carbocycles. The predicted molar refractivity (Wildman–Crippen MR) is 179 cm³/mol. The Morgan fingerprint density at radius 3 is 2.47 bits per heavy atom. The molecule has 2 N–H and O–H groups in total. The van der Waals surface area contributed by atoms with Crippen LogP contribution >= 0.6 is 0 Å². The van der Waals surface area contributed by atoms with E-state index < -0.39 is 41.8 Å². The van der Waals surface area contributed by atoms with Crippen molar-refractivity contribution in [1.82, 2.24) is 9.96 Å². The van der Waals surface area contributed by atoms with Crippen molar-refractivity contribution in [3.63, 3.8) is 0 Å². The minimum absolute atomic E-state index is 0.0161. The Labute approximate surface area is 280 Å². The Balaban J connectivity index is 1.53. The van der Waals surface area contributed by atoms with E-state index in [1.807, 2.05) is 52.0 Å². The Bertz CT molecular complexity index is 2080. The van der Waals surface area contributed by atoms with Gasteiger partial charge >= 0.3 is 5.97 Å². The number of hydrogen-bond donors (Lipinski definition) is 2. The summed E-state index contributed by atoms with van der Waals surface area (Å²) in [5.74, 6) is -1.87. The Morgan fingerprint density at radius 2 is 1.74 bits per heavy atom. The molecule has 5 rings (SSSR count). The fourth-order valence-electron chi connectivity index (χ4n) is 5.78. The summed E-state index contributed by atoms with van der Waals surface area (Å²) >= 11 is 0. The number of carbonyl (C=O) groups is 4. The molecule has 10 nitrogen and oxygen atoms in total. The lowest BCUT2D eigenvalue weighted by molar-refractivity contribution is -0.496.